The van der Waals surface area contributed by atoms with E-state index < -0.39 is 23.7 Å². The van der Waals surface area contributed by atoms with E-state index in [1.54, 1.807) is 25.1 Å². The summed E-state index contributed by atoms with van der Waals surface area (Å²) < 4.78 is 21.2. The third-order valence-corrected chi connectivity index (χ3v) is 5.18. The normalized spacial score (nSPS) is 12.9. The third kappa shape index (κ3) is 3.96. The molecule has 3 aromatic rings. The Bertz CT molecular complexity index is 1100. The fourth-order valence-corrected chi connectivity index (χ4v) is 4.00. The molecule has 0 aliphatic carbocycles. The average molecular weight is 402 g/mol. The van der Waals surface area contributed by atoms with Crippen molar-refractivity contribution in [3.63, 3.8) is 0 Å². The highest BCUT2D eigenvalue weighted by Gasteiger charge is 2.22. The average Bonchev–Trinajstić information content (AvgIpc) is 2.99. The number of halogens is 1. The topological polar surface area (TPSA) is 80.9 Å². The molecule has 2 aromatic carbocycles. The number of hydrogen-bond acceptors (Lipinski definition) is 4. The number of fused-ring (bicyclic) bond motifs is 1. The van der Waals surface area contributed by atoms with Crippen LogP contribution in [-0.4, -0.2) is 28.2 Å². The van der Waals surface area contributed by atoms with Crippen molar-refractivity contribution >= 4 is 33.4 Å². The van der Waals surface area contributed by atoms with Gasteiger partial charge >= 0.3 is 5.97 Å². The number of nitrogens with zero attached hydrogens (tertiary/aromatic N) is 2. The van der Waals surface area contributed by atoms with E-state index in [1.807, 2.05) is 6.92 Å². The van der Waals surface area contributed by atoms with Crippen LogP contribution in [0.15, 0.2) is 47.5 Å². The van der Waals surface area contributed by atoms with Gasteiger partial charge in [-0.2, -0.15) is 4.99 Å². The van der Waals surface area contributed by atoms with Crippen LogP contribution in [0.25, 0.3) is 10.2 Å². The Morgan fingerprint density at radius 1 is 1.25 bits per heavy atom. The number of ether oxygens (including phenoxy) is 1. The molecular formula is C20H19FN2O4S. The predicted molar refractivity (Wildman–Crippen MR) is 104 cm³/mol. The van der Waals surface area contributed by atoms with Gasteiger partial charge in [0.05, 0.1) is 16.8 Å². The Morgan fingerprint density at radius 2 is 2.04 bits per heavy atom. The van der Waals surface area contributed by atoms with Crippen molar-refractivity contribution < 1.29 is 23.8 Å². The third-order valence-electron chi connectivity index (χ3n) is 4.16. The van der Waals surface area contributed by atoms with Crippen LogP contribution in [0.1, 0.15) is 36.7 Å². The highest BCUT2D eigenvalue weighted by Crippen LogP contribution is 2.27. The first-order valence-corrected chi connectivity index (χ1v) is 9.61. The molecule has 1 N–H and O–H groups in total. The van der Waals surface area contributed by atoms with E-state index in [1.165, 1.54) is 34.1 Å². The highest BCUT2D eigenvalue weighted by molar-refractivity contribution is 7.16. The molecule has 8 heteroatoms. The van der Waals surface area contributed by atoms with Crippen LogP contribution in [0.3, 0.4) is 0 Å². The Kier molecular flexibility index (Phi) is 5.89. The molecule has 1 amide bonds. The number of carbonyl (C=O) groups is 2. The van der Waals surface area contributed by atoms with Gasteiger partial charge in [-0.25, -0.2) is 9.18 Å². The van der Waals surface area contributed by atoms with Crippen LogP contribution in [0, 0.1) is 5.82 Å². The number of rotatable bonds is 6. The molecule has 28 heavy (non-hydrogen) atoms. The van der Waals surface area contributed by atoms with E-state index in [9.17, 15) is 19.1 Å². The first-order chi connectivity index (χ1) is 13.4. The summed E-state index contributed by atoms with van der Waals surface area (Å²) in [6.07, 6.45) is 0.315. The van der Waals surface area contributed by atoms with Crippen LogP contribution in [0.4, 0.5) is 4.39 Å². The van der Waals surface area contributed by atoms with Gasteiger partial charge in [0.2, 0.25) is 0 Å². The lowest BCUT2D eigenvalue weighted by molar-refractivity contribution is -0.140. The Balaban J connectivity index is 2.21. The van der Waals surface area contributed by atoms with Crippen LogP contribution < -0.4 is 9.54 Å². The zero-order valence-electron chi connectivity index (χ0n) is 15.4. The molecule has 0 saturated heterocycles. The number of benzene rings is 2. The number of carboxylic acid groups (broad SMARTS) is 1. The largest absolute Gasteiger partial charge is 0.494 e. The summed E-state index contributed by atoms with van der Waals surface area (Å²) in [7, 11) is 0. The number of aromatic nitrogens is 1. The molecule has 0 fully saturated rings. The standard InChI is InChI=1S/C20H19FN2O4S/c1-3-15(19(25)26)23-16-9-8-14(27-4-2)11-17(16)28-20(23)22-18(24)12-6-5-7-13(21)10-12/h5-11,15H,3-4H2,1-2H3,(H,25,26). The van der Waals surface area contributed by atoms with Crippen LogP contribution in [-0.2, 0) is 4.79 Å². The molecule has 6 nitrogen and oxygen atoms in total. The highest BCUT2D eigenvalue weighted by atomic mass is 32.1. The second kappa shape index (κ2) is 8.35. The SMILES string of the molecule is CCOc1ccc2c(c1)sc(=NC(=O)c1cccc(F)c1)n2C(CC)C(=O)O. The molecule has 0 radical (unpaired) electrons. The van der Waals surface area contributed by atoms with Crippen LogP contribution >= 0.6 is 11.3 Å². The Morgan fingerprint density at radius 3 is 2.68 bits per heavy atom. The zero-order valence-corrected chi connectivity index (χ0v) is 16.2. The van der Waals surface area contributed by atoms with E-state index in [0.29, 0.717) is 24.3 Å². The maximum Gasteiger partial charge on any atom is 0.326 e. The molecular weight excluding hydrogens is 383 g/mol. The molecule has 1 atom stereocenters. The molecule has 0 bridgehead atoms. The van der Waals surface area contributed by atoms with Gasteiger partial charge < -0.3 is 14.4 Å². The van der Waals surface area contributed by atoms with E-state index in [2.05, 4.69) is 4.99 Å². The smallest absolute Gasteiger partial charge is 0.326 e. The molecule has 1 aromatic heterocycles. The van der Waals surface area contributed by atoms with Gasteiger partial charge in [0.15, 0.2) is 4.80 Å². The van der Waals surface area contributed by atoms with Crippen LogP contribution in [0.5, 0.6) is 5.75 Å². The van der Waals surface area contributed by atoms with E-state index in [4.69, 9.17) is 4.74 Å². The first-order valence-electron chi connectivity index (χ1n) is 8.80. The maximum atomic E-state index is 13.4. The van der Waals surface area contributed by atoms with Crippen molar-refractivity contribution in [1.82, 2.24) is 4.57 Å². The number of carboxylic acids is 1. The minimum Gasteiger partial charge on any atom is -0.494 e. The van der Waals surface area contributed by atoms with E-state index >= 15 is 0 Å². The van der Waals surface area contributed by atoms with Gasteiger partial charge in [-0.05, 0) is 49.7 Å². The molecule has 0 aliphatic rings. The van der Waals surface area contributed by atoms with Gasteiger partial charge in [0, 0.05) is 5.56 Å². The molecule has 0 saturated carbocycles. The Labute approximate surface area is 164 Å². The molecule has 1 heterocycles. The summed E-state index contributed by atoms with van der Waals surface area (Å²) in [6, 6.07) is 9.65. The number of carbonyl (C=O) groups excluding carboxylic acids is 1. The molecule has 1 unspecified atom stereocenters. The molecule has 0 aliphatic heterocycles. The van der Waals surface area contributed by atoms with Gasteiger partial charge in [-0.3, -0.25) is 4.79 Å². The summed E-state index contributed by atoms with van der Waals surface area (Å²) in [4.78, 5) is 28.7. The van der Waals surface area contributed by atoms with Gasteiger partial charge in [-0.1, -0.05) is 24.3 Å². The van der Waals surface area contributed by atoms with Crippen molar-refractivity contribution in [2.75, 3.05) is 6.61 Å². The van der Waals surface area contributed by atoms with E-state index in [0.717, 1.165) is 10.8 Å². The second-order valence-electron chi connectivity index (χ2n) is 6.01. The van der Waals surface area contributed by atoms with Gasteiger partial charge in [0.25, 0.3) is 5.91 Å². The predicted octanol–water partition coefficient (Wildman–Crippen LogP) is 4.02. The molecule has 146 valence electrons. The minimum absolute atomic E-state index is 0.0994. The summed E-state index contributed by atoms with van der Waals surface area (Å²) in [6.45, 7) is 4.12. The van der Waals surface area contributed by atoms with Gasteiger partial charge in [0.1, 0.15) is 17.6 Å². The molecule has 0 spiro atoms. The second-order valence-corrected chi connectivity index (χ2v) is 7.02. The summed E-state index contributed by atoms with van der Waals surface area (Å²) in [5.41, 5.74) is 0.746. The van der Waals surface area contributed by atoms with Gasteiger partial charge in [-0.15, -0.1) is 0 Å². The van der Waals surface area contributed by atoms with Crippen molar-refractivity contribution in [3.8, 4) is 5.75 Å². The van der Waals surface area contributed by atoms with Crippen LogP contribution in [0.2, 0.25) is 0 Å². The number of amides is 1. The summed E-state index contributed by atoms with van der Waals surface area (Å²) in [5.74, 6) is -1.54. The number of hydrogen-bond donors (Lipinski definition) is 1. The number of thiazole rings is 1. The quantitative estimate of drug-likeness (QED) is 0.675. The minimum atomic E-state index is -1.02. The Hall–Kier alpha value is -3.00. The number of aliphatic carboxylic acids is 1. The van der Waals surface area contributed by atoms with E-state index in [-0.39, 0.29) is 10.4 Å². The summed E-state index contributed by atoms with van der Waals surface area (Å²) >= 11 is 1.19. The lowest BCUT2D eigenvalue weighted by Gasteiger charge is -2.13. The lowest BCUT2D eigenvalue weighted by Crippen LogP contribution is -2.27. The van der Waals surface area contributed by atoms with Crippen molar-refractivity contribution in [2.45, 2.75) is 26.3 Å². The van der Waals surface area contributed by atoms with Crippen molar-refractivity contribution in [3.05, 3.63) is 58.6 Å². The maximum absolute atomic E-state index is 13.4. The lowest BCUT2D eigenvalue weighted by atomic mass is 10.2. The zero-order chi connectivity index (χ0) is 20.3. The fourth-order valence-electron chi connectivity index (χ4n) is 2.90. The fraction of sp³-hybridized carbons (Fsp3) is 0.250. The monoisotopic (exact) mass is 402 g/mol. The van der Waals surface area contributed by atoms with Crippen molar-refractivity contribution in [1.29, 1.82) is 0 Å². The summed E-state index contributed by atoms with van der Waals surface area (Å²) in [5, 5.41) is 9.64. The molecule has 3 rings (SSSR count). The van der Waals surface area contributed by atoms with Crippen molar-refractivity contribution in [2.24, 2.45) is 4.99 Å². The first kappa shape index (κ1) is 19.8.